The number of aryl methyl sites for hydroxylation is 1. The lowest BCUT2D eigenvalue weighted by molar-refractivity contribution is 0.414. The summed E-state index contributed by atoms with van der Waals surface area (Å²) in [7, 11) is 1.68. The number of rotatable bonds is 4. The van der Waals surface area contributed by atoms with Gasteiger partial charge in [0, 0.05) is 23.1 Å². The van der Waals surface area contributed by atoms with Gasteiger partial charge in [-0.3, -0.25) is 4.98 Å². The second-order valence-corrected chi connectivity index (χ2v) is 5.38. The first-order valence-electron chi connectivity index (χ1n) is 5.88. The third-order valence-electron chi connectivity index (χ3n) is 2.82. The summed E-state index contributed by atoms with van der Waals surface area (Å²) in [5.74, 6) is 0.883. The van der Waals surface area contributed by atoms with Crippen LogP contribution in [0.5, 0.6) is 5.75 Å². The van der Waals surface area contributed by atoms with Crippen molar-refractivity contribution < 1.29 is 4.74 Å². The third kappa shape index (κ3) is 3.33. The van der Waals surface area contributed by atoms with Gasteiger partial charge in [-0.25, -0.2) is 0 Å². The summed E-state index contributed by atoms with van der Waals surface area (Å²) in [6.45, 7) is 2.05. The van der Waals surface area contributed by atoms with Crippen LogP contribution in [-0.2, 0) is 6.42 Å². The van der Waals surface area contributed by atoms with Crippen molar-refractivity contribution in [2.24, 2.45) is 0 Å². The summed E-state index contributed by atoms with van der Waals surface area (Å²) in [5.41, 5.74) is 3.48. The summed E-state index contributed by atoms with van der Waals surface area (Å²) in [6.07, 6.45) is 2.77. The molecule has 1 aromatic carbocycles. The minimum absolute atomic E-state index is 0.253. The number of alkyl halides is 1. The van der Waals surface area contributed by atoms with Gasteiger partial charge in [-0.2, -0.15) is 0 Å². The standard InChI is InChI=1S/C15H16BrNO/c1-11-6-7-13(17-10-11)9-15(16)12-4-3-5-14(8-12)18-2/h3-8,10,15H,9H2,1-2H3. The molecule has 0 aliphatic heterocycles. The molecule has 0 radical (unpaired) electrons. The van der Waals surface area contributed by atoms with Gasteiger partial charge in [0.25, 0.3) is 0 Å². The molecule has 94 valence electrons. The number of ether oxygens (including phenoxy) is 1. The Kier molecular flexibility index (Phi) is 4.37. The maximum absolute atomic E-state index is 5.23. The van der Waals surface area contributed by atoms with E-state index in [1.165, 1.54) is 11.1 Å². The Bertz CT molecular complexity index is 510. The second-order valence-electron chi connectivity index (χ2n) is 4.28. The Morgan fingerprint density at radius 2 is 2.11 bits per heavy atom. The van der Waals surface area contributed by atoms with Crippen LogP contribution < -0.4 is 4.74 Å². The van der Waals surface area contributed by atoms with Crippen molar-refractivity contribution in [3.63, 3.8) is 0 Å². The molecule has 0 saturated heterocycles. The smallest absolute Gasteiger partial charge is 0.119 e. The molecule has 0 aliphatic rings. The van der Waals surface area contributed by atoms with E-state index in [-0.39, 0.29) is 4.83 Å². The Morgan fingerprint density at radius 1 is 1.28 bits per heavy atom. The van der Waals surface area contributed by atoms with Gasteiger partial charge in [0.15, 0.2) is 0 Å². The first kappa shape index (κ1) is 13.1. The Labute approximate surface area is 116 Å². The summed E-state index contributed by atoms with van der Waals surface area (Å²) in [5, 5.41) is 0. The summed E-state index contributed by atoms with van der Waals surface area (Å²) in [6, 6.07) is 12.3. The molecule has 0 saturated carbocycles. The molecular weight excluding hydrogens is 290 g/mol. The molecule has 2 nitrogen and oxygen atoms in total. The topological polar surface area (TPSA) is 22.1 Å². The lowest BCUT2D eigenvalue weighted by Crippen LogP contribution is -1.98. The number of methoxy groups -OCH3 is 1. The van der Waals surface area contributed by atoms with E-state index in [1.54, 1.807) is 7.11 Å². The van der Waals surface area contributed by atoms with Crippen LogP contribution in [0.2, 0.25) is 0 Å². The molecule has 0 aliphatic carbocycles. The fraction of sp³-hybridized carbons (Fsp3) is 0.267. The van der Waals surface area contributed by atoms with Crippen LogP contribution in [0, 0.1) is 6.92 Å². The zero-order valence-electron chi connectivity index (χ0n) is 10.6. The van der Waals surface area contributed by atoms with Crippen LogP contribution in [0.25, 0.3) is 0 Å². The van der Waals surface area contributed by atoms with Crippen molar-refractivity contribution in [2.45, 2.75) is 18.2 Å². The fourth-order valence-electron chi connectivity index (χ4n) is 1.76. The van der Waals surface area contributed by atoms with Crippen LogP contribution in [0.15, 0.2) is 42.6 Å². The van der Waals surface area contributed by atoms with E-state index in [2.05, 4.69) is 39.1 Å². The first-order chi connectivity index (χ1) is 8.69. The second kappa shape index (κ2) is 6.01. The molecule has 0 fully saturated rings. The average molecular weight is 306 g/mol. The predicted molar refractivity (Wildman–Crippen MR) is 77.3 cm³/mol. The van der Waals surface area contributed by atoms with Gasteiger partial charge < -0.3 is 4.74 Å². The van der Waals surface area contributed by atoms with E-state index < -0.39 is 0 Å². The SMILES string of the molecule is COc1cccc(C(Br)Cc2ccc(C)cn2)c1. The molecule has 0 bridgehead atoms. The number of benzene rings is 1. The van der Waals surface area contributed by atoms with Gasteiger partial charge in [0.2, 0.25) is 0 Å². The van der Waals surface area contributed by atoms with Gasteiger partial charge in [0.1, 0.15) is 5.75 Å². The van der Waals surface area contributed by atoms with E-state index in [0.717, 1.165) is 17.9 Å². The molecule has 1 aromatic heterocycles. The summed E-state index contributed by atoms with van der Waals surface area (Å²) < 4.78 is 5.23. The normalized spacial score (nSPS) is 12.2. The summed E-state index contributed by atoms with van der Waals surface area (Å²) >= 11 is 3.71. The number of pyridine rings is 1. The van der Waals surface area contributed by atoms with Crippen LogP contribution in [0.1, 0.15) is 21.6 Å². The van der Waals surface area contributed by atoms with Crippen molar-refractivity contribution in [3.05, 3.63) is 59.4 Å². The van der Waals surface area contributed by atoms with Gasteiger partial charge in [-0.15, -0.1) is 0 Å². The maximum Gasteiger partial charge on any atom is 0.119 e. The molecule has 1 atom stereocenters. The fourth-order valence-corrected chi connectivity index (χ4v) is 2.37. The highest BCUT2D eigenvalue weighted by atomic mass is 79.9. The molecule has 0 amide bonds. The maximum atomic E-state index is 5.23. The molecule has 0 spiro atoms. The molecule has 3 heteroatoms. The first-order valence-corrected chi connectivity index (χ1v) is 6.80. The molecule has 2 aromatic rings. The van der Waals surface area contributed by atoms with Gasteiger partial charge in [-0.05, 0) is 36.2 Å². The van der Waals surface area contributed by atoms with E-state index in [1.807, 2.05) is 31.3 Å². The number of nitrogens with zero attached hydrogens (tertiary/aromatic N) is 1. The van der Waals surface area contributed by atoms with E-state index in [0.29, 0.717) is 0 Å². The molecule has 1 unspecified atom stereocenters. The molecule has 2 rings (SSSR count). The van der Waals surface area contributed by atoms with E-state index in [9.17, 15) is 0 Å². The van der Waals surface area contributed by atoms with Crippen LogP contribution in [0.4, 0.5) is 0 Å². The van der Waals surface area contributed by atoms with Crippen molar-refractivity contribution >= 4 is 15.9 Å². The highest BCUT2D eigenvalue weighted by Gasteiger charge is 2.10. The minimum atomic E-state index is 0.253. The number of halogens is 1. The molecule has 18 heavy (non-hydrogen) atoms. The Balaban J connectivity index is 2.11. The quantitative estimate of drug-likeness (QED) is 0.794. The molecular formula is C15H16BrNO. The average Bonchev–Trinajstić information content (AvgIpc) is 2.41. The molecule has 1 heterocycles. The highest BCUT2D eigenvalue weighted by molar-refractivity contribution is 9.09. The zero-order chi connectivity index (χ0) is 13.0. The van der Waals surface area contributed by atoms with Gasteiger partial charge in [0.05, 0.1) is 7.11 Å². The Morgan fingerprint density at radius 3 is 2.78 bits per heavy atom. The lowest BCUT2D eigenvalue weighted by Gasteiger charge is -2.11. The van der Waals surface area contributed by atoms with Crippen LogP contribution >= 0.6 is 15.9 Å². The van der Waals surface area contributed by atoms with Gasteiger partial charge in [-0.1, -0.05) is 34.1 Å². The largest absolute Gasteiger partial charge is 0.497 e. The zero-order valence-corrected chi connectivity index (χ0v) is 12.1. The molecule has 0 N–H and O–H groups in total. The monoisotopic (exact) mass is 305 g/mol. The number of aromatic nitrogens is 1. The van der Waals surface area contributed by atoms with Gasteiger partial charge >= 0.3 is 0 Å². The predicted octanol–water partition coefficient (Wildman–Crippen LogP) is 4.08. The van der Waals surface area contributed by atoms with Crippen molar-refractivity contribution in [2.75, 3.05) is 7.11 Å². The van der Waals surface area contributed by atoms with Crippen molar-refractivity contribution in [1.29, 1.82) is 0 Å². The number of hydrogen-bond donors (Lipinski definition) is 0. The van der Waals surface area contributed by atoms with E-state index in [4.69, 9.17) is 4.74 Å². The van der Waals surface area contributed by atoms with E-state index >= 15 is 0 Å². The minimum Gasteiger partial charge on any atom is -0.497 e. The third-order valence-corrected chi connectivity index (χ3v) is 3.67. The highest BCUT2D eigenvalue weighted by Crippen LogP contribution is 2.28. The Hall–Kier alpha value is -1.35. The lowest BCUT2D eigenvalue weighted by atomic mass is 10.1. The van der Waals surface area contributed by atoms with Crippen LogP contribution in [0.3, 0.4) is 0 Å². The van der Waals surface area contributed by atoms with Crippen molar-refractivity contribution in [3.8, 4) is 5.75 Å². The van der Waals surface area contributed by atoms with Crippen molar-refractivity contribution in [1.82, 2.24) is 4.98 Å². The number of hydrogen-bond acceptors (Lipinski definition) is 2. The summed E-state index contributed by atoms with van der Waals surface area (Å²) in [4.78, 5) is 4.68. The van der Waals surface area contributed by atoms with Crippen LogP contribution in [-0.4, -0.2) is 12.1 Å².